The van der Waals surface area contributed by atoms with Crippen LogP contribution < -0.4 is 0 Å². The van der Waals surface area contributed by atoms with Crippen LogP contribution in [0, 0.1) is 40.4 Å². The van der Waals surface area contributed by atoms with E-state index in [1.165, 1.54) is 25.7 Å². The van der Waals surface area contributed by atoms with Gasteiger partial charge in [-0.05, 0) is 91.8 Å². The van der Waals surface area contributed by atoms with Gasteiger partial charge in [0, 0.05) is 0 Å². The molecule has 0 aliphatic heterocycles. The number of aliphatic hydroxyl groups is 1. The minimum atomic E-state index is -4.74. The summed E-state index contributed by atoms with van der Waals surface area (Å²) < 4.78 is 39.4. The van der Waals surface area contributed by atoms with Crippen molar-refractivity contribution in [1.29, 1.82) is 0 Å². The van der Waals surface area contributed by atoms with Crippen molar-refractivity contribution in [2.24, 2.45) is 40.4 Å². The average molecular weight is 386 g/mol. The zero-order chi connectivity index (χ0) is 18.9. The lowest BCUT2D eigenvalue weighted by molar-refractivity contribution is -0.164. The molecular weight excluding hydrogens is 352 g/mol. The Morgan fingerprint density at radius 1 is 0.962 bits per heavy atom. The average Bonchev–Trinajstić information content (AvgIpc) is 2.83. The zero-order valence-electron chi connectivity index (χ0n) is 16.2. The molecule has 9 atom stereocenters. The van der Waals surface area contributed by atoms with Gasteiger partial charge in [0.1, 0.15) is 0 Å². The van der Waals surface area contributed by atoms with Gasteiger partial charge in [0.2, 0.25) is 10.4 Å². The number of hydrogen-bond acceptors (Lipinski definition) is 5. The van der Waals surface area contributed by atoms with Crippen molar-refractivity contribution in [3.05, 3.63) is 0 Å². The third-order valence-electron chi connectivity index (χ3n) is 9.34. The van der Waals surface area contributed by atoms with Crippen LogP contribution in [0.4, 0.5) is 0 Å². The highest BCUT2D eigenvalue weighted by molar-refractivity contribution is 7.80. The molecule has 0 heterocycles. The van der Waals surface area contributed by atoms with Gasteiger partial charge >= 0.3 is 0 Å². The van der Waals surface area contributed by atoms with Crippen molar-refractivity contribution in [2.75, 3.05) is 0 Å². The second-order valence-corrected chi connectivity index (χ2v) is 11.2. The highest BCUT2D eigenvalue weighted by Crippen LogP contribution is 2.67. The highest BCUT2D eigenvalue weighted by atomic mass is 32.3. The van der Waals surface area contributed by atoms with E-state index in [2.05, 4.69) is 20.8 Å². The van der Waals surface area contributed by atoms with E-state index in [0.717, 1.165) is 12.8 Å². The topological polar surface area (TPSA) is 86.7 Å². The first-order valence-electron chi connectivity index (χ1n) is 10.4. The molecule has 0 bridgehead atoms. The Hall–Kier alpha value is -0.170. The summed E-state index contributed by atoms with van der Waals surface area (Å²) in [7, 11) is -4.74. The molecule has 5 nitrogen and oxygen atoms in total. The Balaban J connectivity index is 1.70. The lowest BCUT2D eigenvalue weighted by atomic mass is 9.44. The maximum absolute atomic E-state index is 11.4. The van der Waals surface area contributed by atoms with E-state index in [9.17, 15) is 18.1 Å². The van der Waals surface area contributed by atoms with Gasteiger partial charge in [-0.25, -0.2) is 8.42 Å². The lowest BCUT2D eigenvalue weighted by Crippen LogP contribution is -2.58. The normalized spacial score (nSPS) is 54.3. The van der Waals surface area contributed by atoms with E-state index in [1.807, 2.05) is 0 Å². The molecule has 4 saturated carbocycles. The van der Waals surface area contributed by atoms with E-state index in [-0.39, 0.29) is 11.3 Å². The van der Waals surface area contributed by atoms with Gasteiger partial charge < -0.3 is 9.66 Å². The number of fused-ring (bicyclic) bond motifs is 5. The first kappa shape index (κ1) is 19.2. The first-order chi connectivity index (χ1) is 12.0. The standard InChI is InChI=1S/C20H34O5S/c1-12-4-5-15-14-11-18(25-26(22,23)24)17-10-13(21)6-8-20(17,3)16(14)7-9-19(12,15)2/h12-18,21H,4-11H2,1-3H3,(H,22,23,24)/p-1/t12-,13-,14?,15?,16?,17?,18-,19+,20+/m0/s1. The van der Waals surface area contributed by atoms with E-state index in [1.54, 1.807) is 0 Å². The van der Waals surface area contributed by atoms with Crippen LogP contribution >= 0.6 is 0 Å². The van der Waals surface area contributed by atoms with E-state index in [0.29, 0.717) is 41.9 Å². The predicted molar refractivity (Wildman–Crippen MR) is 96.9 cm³/mol. The summed E-state index contributed by atoms with van der Waals surface area (Å²) in [5, 5.41) is 10.2. The fourth-order valence-corrected chi connectivity index (χ4v) is 8.28. The monoisotopic (exact) mass is 385 g/mol. The van der Waals surface area contributed by atoms with Crippen molar-refractivity contribution >= 4 is 10.4 Å². The van der Waals surface area contributed by atoms with Gasteiger partial charge in [0.25, 0.3) is 0 Å². The fourth-order valence-electron chi connectivity index (χ4n) is 7.77. The number of hydrogen-bond donors (Lipinski definition) is 1. The third-order valence-corrected chi connectivity index (χ3v) is 9.83. The van der Waals surface area contributed by atoms with Crippen LogP contribution in [0.2, 0.25) is 0 Å². The molecule has 26 heavy (non-hydrogen) atoms. The summed E-state index contributed by atoms with van der Waals surface area (Å²) in [6.07, 6.45) is 6.78. The molecule has 0 aromatic carbocycles. The van der Waals surface area contributed by atoms with E-state index >= 15 is 0 Å². The molecule has 1 N–H and O–H groups in total. The molecule has 0 aromatic rings. The SMILES string of the molecule is C[C@H]1CCC2C3C[C@H](OS(=O)(=O)[O-])C4C[C@@H](O)CC[C@]4(C)C3CC[C@@]21C. The molecule has 0 aromatic heterocycles. The molecule has 0 amide bonds. The predicted octanol–water partition coefficient (Wildman–Crippen LogP) is 3.48. The molecule has 0 radical (unpaired) electrons. The fraction of sp³-hybridized carbons (Fsp3) is 1.00. The molecular formula is C20H33O5S-. The van der Waals surface area contributed by atoms with Crippen LogP contribution in [-0.2, 0) is 14.6 Å². The van der Waals surface area contributed by atoms with Gasteiger partial charge in [-0.15, -0.1) is 0 Å². The summed E-state index contributed by atoms with van der Waals surface area (Å²) >= 11 is 0. The van der Waals surface area contributed by atoms with Crippen molar-refractivity contribution in [1.82, 2.24) is 0 Å². The molecule has 0 spiro atoms. The second kappa shape index (κ2) is 6.16. The van der Waals surface area contributed by atoms with Crippen LogP contribution in [-0.4, -0.2) is 30.3 Å². The maximum atomic E-state index is 11.4. The minimum absolute atomic E-state index is 0.0370. The van der Waals surface area contributed by atoms with Gasteiger partial charge in [-0.3, -0.25) is 4.18 Å². The summed E-state index contributed by atoms with van der Waals surface area (Å²) in [6.45, 7) is 7.06. The maximum Gasteiger partial charge on any atom is 0.217 e. The van der Waals surface area contributed by atoms with Gasteiger partial charge in [0.15, 0.2) is 0 Å². The summed E-state index contributed by atoms with van der Waals surface area (Å²) in [5.41, 5.74) is 0.296. The van der Waals surface area contributed by atoms with Crippen LogP contribution in [0.1, 0.15) is 72.1 Å². The van der Waals surface area contributed by atoms with Crippen molar-refractivity contribution < 1.29 is 22.3 Å². The van der Waals surface area contributed by atoms with Gasteiger partial charge in [-0.2, -0.15) is 0 Å². The van der Waals surface area contributed by atoms with Crippen molar-refractivity contribution in [3.63, 3.8) is 0 Å². The summed E-state index contributed by atoms with van der Waals surface area (Å²) in [5.74, 6) is 2.25. The van der Waals surface area contributed by atoms with E-state index in [4.69, 9.17) is 4.18 Å². The Labute approximate surface area is 157 Å². The van der Waals surface area contributed by atoms with Crippen LogP contribution in [0.25, 0.3) is 0 Å². The number of rotatable bonds is 2. The van der Waals surface area contributed by atoms with Crippen molar-refractivity contribution in [3.8, 4) is 0 Å². The smallest absolute Gasteiger partial charge is 0.217 e. The Morgan fingerprint density at radius 3 is 2.31 bits per heavy atom. The third kappa shape index (κ3) is 2.87. The highest BCUT2D eigenvalue weighted by Gasteiger charge is 2.62. The second-order valence-electron chi connectivity index (χ2n) is 10.2. The lowest BCUT2D eigenvalue weighted by Gasteiger charge is -2.62. The molecule has 4 rings (SSSR count). The largest absolute Gasteiger partial charge is 0.726 e. The summed E-state index contributed by atoms with van der Waals surface area (Å²) in [6, 6.07) is 0. The molecule has 150 valence electrons. The molecule has 0 saturated heterocycles. The Bertz CT molecular complexity index is 663. The Morgan fingerprint density at radius 2 is 1.62 bits per heavy atom. The summed E-state index contributed by atoms with van der Waals surface area (Å²) in [4.78, 5) is 0. The van der Waals surface area contributed by atoms with Crippen LogP contribution in [0.5, 0.6) is 0 Å². The van der Waals surface area contributed by atoms with Gasteiger partial charge in [-0.1, -0.05) is 20.8 Å². The molecule has 4 aliphatic carbocycles. The molecule has 6 heteroatoms. The van der Waals surface area contributed by atoms with Crippen LogP contribution in [0.3, 0.4) is 0 Å². The van der Waals surface area contributed by atoms with Gasteiger partial charge in [0.05, 0.1) is 12.2 Å². The van der Waals surface area contributed by atoms with Crippen molar-refractivity contribution in [2.45, 2.75) is 84.3 Å². The molecule has 4 fully saturated rings. The van der Waals surface area contributed by atoms with E-state index < -0.39 is 22.6 Å². The Kier molecular flexibility index (Phi) is 4.54. The zero-order valence-corrected chi connectivity index (χ0v) is 17.0. The van der Waals surface area contributed by atoms with Crippen LogP contribution in [0.15, 0.2) is 0 Å². The first-order valence-corrected chi connectivity index (χ1v) is 11.7. The molecule has 4 unspecified atom stereocenters. The molecule has 4 aliphatic rings. The number of aliphatic hydroxyl groups excluding tert-OH is 1. The minimum Gasteiger partial charge on any atom is -0.726 e. The quantitative estimate of drug-likeness (QED) is 0.581.